The molecule has 0 aliphatic rings. The summed E-state index contributed by atoms with van der Waals surface area (Å²) in [5.74, 6) is 1.82. The van der Waals surface area contributed by atoms with Crippen molar-refractivity contribution in [2.24, 2.45) is 0 Å². The molecule has 2 heterocycles. The van der Waals surface area contributed by atoms with E-state index in [1.807, 2.05) is 48.5 Å². The largest absolute Gasteiger partial charge is 0.455 e. The summed E-state index contributed by atoms with van der Waals surface area (Å²) >= 11 is 0. The second kappa shape index (κ2) is 12.9. The molecule has 0 spiro atoms. The van der Waals surface area contributed by atoms with Crippen LogP contribution in [-0.2, 0) is 0 Å². The molecule has 0 unspecified atom stereocenters. The summed E-state index contributed by atoms with van der Waals surface area (Å²) < 4.78 is 6.78. The second-order valence-electron chi connectivity index (χ2n) is 13.2. The topological polar surface area (TPSA) is 51.8 Å². The van der Waals surface area contributed by atoms with Gasteiger partial charge in [-0.05, 0) is 56.8 Å². The van der Waals surface area contributed by atoms with Gasteiger partial charge in [0.1, 0.15) is 11.2 Å². The van der Waals surface area contributed by atoms with E-state index in [2.05, 4.69) is 140 Å². The monoisotopic (exact) mass is 677 g/mol. The van der Waals surface area contributed by atoms with E-state index in [1.54, 1.807) is 0 Å². The minimum absolute atomic E-state index is 0.591. The van der Waals surface area contributed by atoms with E-state index in [-0.39, 0.29) is 0 Å². The lowest BCUT2D eigenvalue weighted by Gasteiger charge is -2.14. The SMILES string of the molecule is c1ccc(-c2ccc(-c3nc(-c4ccccc4)nc(-c4ccc(-c5ccc(-c6ccccc6)c6ccccc56)c5oc6ccccc6c45)n3)cc2)cc1. The number of para-hydroxylation sites is 1. The maximum absolute atomic E-state index is 6.78. The highest BCUT2D eigenvalue weighted by Gasteiger charge is 2.22. The van der Waals surface area contributed by atoms with Crippen molar-refractivity contribution in [3.8, 4) is 67.5 Å². The van der Waals surface area contributed by atoms with Gasteiger partial charge in [0.15, 0.2) is 17.5 Å². The summed E-state index contributed by atoms with van der Waals surface area (Å²) in [4.78, 5) is 15.3. The van der Waals surface area contributed by atoms with Gasteiger partial charge in [0, 0.05) is 33.0 Å². The van der Waals surface area contributed by atoms with Gasteiger partial charge in [-0.15, -0.1) is 0 Å². The van der Waals surface area contributed by atoms with E-state index in [1.165, 1.54) is 16.5 Å². The molecule has 0 amide bonds. The van der Waals surface area contributed by atoms with E-state index in [0.29, 0.717) is 17.5 Å². The Labute approximate surface area is 306 Å². The smallest absolute Gasteiger partial charge is 0.164 e. The van der Waals surface area contributed by atoms with Gasteiger partial charge in [-0.3, -0.25) is 0 Å². The molecular weight excluding hydrogens is 647 g/mol. The van der Waals surface area contributed by atoms with E-state index < -0.39 is 0 Å². The van der Waals surface area contributed by atoms with Gasteiger partial charge < -0.3 is 4.42 Å². The predicted octanol–water partition coefficient (Wildman–Crippen LogP) is 12.9. The number of hydrogen-bond acceptors (Lipinski definition) is 4. The molecular formula is C49H31N3O. The van der Waals surface area contributed by atoms with Gasteiger partial charge in [-0.2, -0.15) is 0 Å². The van der Waals surface area contributed by atoms with Gasteiger partial charge in [0.2, 0.25) is 0 Å². The zero-order valence-electron chi connectivity index (χ0n) is 28.6. The zero-order valence-corrected chi connectivity index (χ0v) is 28.6. The van der Waals surface area contributed by atoms with Crippen LogP contribution in [0.4, 0.5) is 0 Å². The lowest BCUT2D eigenvalue weighted by molar-refractivity contribution is 0.670. The van der Waals surface area contributed by atoms with Crippen molar-refractivity contribution in [3.05, 3.63) is 188 Å². The van der Waals surface area contributed by atoms with Crippen molar-refractivity contribution in [1.29, 1.82) is 0 Å². The second-order valence-corrected chi connectivity index (χ2v) is 13.2. The number of nitrogens with zero attached hydrogens (tertiary/aromatic N) is 3. The number of rotatable bonds is 6. The van der Waals surface area contributed by atoms with Gasteiger partial charge in [-0.25, -0.2) is 15.0 Å². The van der Waals surface area contributed by atoms with Crippen LogP contribution in [0.25, 0.3) is 100 Å². The Morgan fingerprint density at radius 2 is 0.717 bits per heavy atom. The van der Waals surface area contributed by atoms with E-state index in [0.717, 1.165) is 66.3 Å². The molecule has 53 heavy (non-hydrogen) atoms. The molecule has 4 heteroatoms. The Morgan fingerprint density at radius 1 is 0.283 bits per heavy atom. The maximum atomic E-state index is 6.78. The fourth-order valence-electron chi connectivity index (χ4n) is 7.41. The number of furan rings is 1. The molecule has 0 atom stereocenters. The fourth-order valence-corrected chi connectivity index (χ4v) is 7.41. The number of benzene rings is 8. The Kier molecular flexibility index (Phi) is 7.43. The summed E-state index contributed by atoms with van der Waals surface area (Å²) in [6.45, 7) is 0. The molecule has 0 N–H and O–H groups in total. The first-order valence-electron chi connectivity index (χ1n) is 17.8. The Morgan fingerprint density at radius 3 is 1.40 bits per heavy atom. The quantitative estimate of drug-likeness (QED) is 0.176. The normalized spacial score (nSPS) is 11.4. The van der Waals surface area contributed by atoms with Crippen LogP contribution in [0.2, 0.25) is 0 Å². The summed E-state index contributed by atoms with van der Waals surface area (Å²) in [6.07, 6.45) is 0. The Balaban J connectivity index is 1.19. The molecule has 0 saturated heterocycles. The van der Waals surface area contributed by atoms with Crippen LogP contribution in [-0.4, -0.2) is 15.0 Å². The fraction of sp³-hybridized carbons (Fsp3) is 0. The summed E-state index contributed by atoms with van der Waals surface area (Å²) in [6, 6.07) is 65.1. The van der Waals surface area contributed by atoms with Crippen molar-refractivity contribution in [2.45, 2.75) is 0 Å². The van der Waals surface area contributed by atoms with E-state index >= 15 is 0 Å². The molecule has 0 saturated carbocycles. The molecule has 2 aromatic heterocycles. The van der Waals surface area contributed by atoms with Crippen molar-refractivity contribution >= 4 is 32.7 Å². The van der Waals surface area contributed by atoms with Crippen LogP contribution in [0.15, 0.2) is 192 Å². The van der Waals surface area contributed by atoms with Crippen LogP contribution < -0.4 is 0 Å². The minimum Gasteiger partial charge on any atom is -0.455 e. The number of hydrogen-bond donors (Lipinski definition) is 0. The average molecular weight is 678 g/mol. The maximum Gasteiger partial charge on any atom is 0.164 e. The van der Waals surface area contributed by atoms with Crippen molar-refractivity contribution < 1.29 is 4.42 Å². The van der Waals surface area contributed by atoms with Gasteiger partial charge >= 0.3 is 0 Å². The zero-order chi connectivity index (χ0) is 35.1. The molecule has 0 aliphatic heterocycles. The lowest BCUT2D eigenvalue weighted by Crippen LogP contribution is -2.00. The first-order valence-corrected chi connectivity index (χ1v) is 17.8. The molecule has 10 aromatic rings. The van der Waals surface area contributed by atoms with Gasteiger partial charge in [0.05, 0.1) is 0 Å². The van der Waals surface area contributed by atoms with Crippen molar-refractivity contribution in [3.63, 3.8) is 0 Å². The van der Waals surface area contributed by atoms with Crippen LogP contribution in [0.5, 0.6) is 0 Å². The average Bonchev–Trinajstić information content (AvgIpc) is 3.64. The highest BCUT2D eigenvalue weighted by atomic mass is 16.3. The summed E-state index contributed by atoms with van der Waals surface area (Å²) in [5.41, 5.74) is 11.2. The van der Waals surface area contributed by atoms with Crippen LogP contribution in [0.3, 0.4) is 0 Å². The highest BCUT2D eigenvalue weighted by molar-refractivity contribution is 6.18. The first kappa shape index (κ1) is 30.6. The predicted molar refractivity (Wildman–Crippen MR) is 217 cm³/mol. The first-order chi connectivity index (χ1) is 26.3. The lowest BCUT2D eigenvalue weighted by atomic mass is 9.90. The number of fused-ring (bicyclic) bond motifs is 4. The molecule has 4 nitrogen and oxygen atoms in total. The Bertz CT molecular complexity index is 2920. The van der Waals surface area contributed by atoms with Crippen LogP contribution in [0, 0.1) is 0 Å². The van der Waals surface area contributed by atoms with Crippen LogP contribution >= 0.6 is 0 Å². The Hall–Kier alpha value is -7.17. The molecule has 0 fully saturated rings. The third kappa shape index (κ3) is 5.45. The standard InChI is InChI=1S/C49H31N3O/c1-4-14-32(15-5-1)33-24-26-36(27-25-33)48-50-47(35-18-8-3-9-19-35)51-49(52-48)43-31-30-41(46-45(43)42-22-12-13-23-44(42)53-46)40-29-28-37(34-16-6-2-7-17-34)38-20-10-11-21-39(38)40/h1-31H. The van der Waals surface area contributed by atoms with Gasteiger partial charge in [-0.1, -0.05) is 170 Å². The third-order valence-corrected chi connectivity index (χ3v) is 9.98. The molecule has 0 radical (unpaired) electrons. The summed E-state index contributed by atoms with van der Waals surface area (Å²) in [5, 5.41) is 4.35. The third-order valence-electron chi connectivity index (χ3n) is 9.98. The molecule has 248 valence electrons. The molecule has 0 bridgehead atoms. The molecule has 8 aromatic carbocycles. The van der Waals surface area contributed by atoms with E-state index in [4.69, 9.17) is 19.4 Å². The van der Waals surface area contributed by atoms with Crippen molar-refractivity contribution in [2.75, 3.05) is 0 Å². The molecule has 10 rings (SSSR count). The summed E-state index contributed by atoms with van der Waals surface area (Å²) in [7, 11) is 0. The number of aromatic nitrogens is 3. The van der Waals surface area contributed by atoms with Gasteiger partial charge in [0.25, 0.3) is 0 Å². The minimum atomic E-state index is 0.591. The van der Waals surface area contributed by atoms with E-state index in [9.17, 15) is 0 Å². The van der Waals surface area contributed by atoms with Crippen molar-refractivity contribution in [1.82, 2.24) is 15.0 Å². The van der Waals surface area contributed by atoms with Crippen LogP contribution in [0.1, 0.15) is 0 Å². The molecule has 0 aliphatic carbocycles. The highest BCUT2D eigenvalue weighted by Crippen LogP contribution is 2.44.